The third-order valence-corrected chi connectivity index (χ3v) is 17.2. The molecule has 1 aromatic heterocycles. The Labute approximate surface area is 554 Å². The number of hydrogen-bond acceptors (Lipinski definition) is 10. The fourth-order valence-corrected chi connectivity index (χ4v) is 11.8. The zero-order valence-corrected chi connectivity index (χ0v) is 57.5. The summed E-state index contributed by atoms with van der Waals surface area (Å²) >= 11 is 11.9. The maximum Gasteiger partial charge on any atom is 0.256 e. The van der Waals surface area contributed by atoms with Crippen LogP contribution in [0.5, 0.6) is 5.75 Å². The summed E-state index contributed by atoms with van der Waals surface area (Å²) in [4.78, 5) is 86.9. The van der Waals surface area contributed by atoms with E-state index in [0.717, 1.165) is 98.6 Å². The minimum atomic E-state index is 0.0949. The highest BCUT2D eigenvalue weighted by Crippen LogP contribution is 2.34. The van der Waals surface area contributed by atoms with Crippen LogP contribution >= 0.6 is 23.2 Å². The Morgan fingerprint density at radius 1 is 0.457 bits per heavy atom. The molecule has 0 atom stereocenters. The van der Waals surface area contributed by atoms with Gasteiger partial charge in [0.1, 0.15) is 12.4 Å². The Morgan fingerprint density at radius 3 is 1.48 bits per heavy atom. The summed E-state index contributed by atoms with van der Waals surface area (Å²) in [6, 6.07) is 33.7. The van der Waals surface area contributed by atoms with Crippen LogP contribution < -0.4 is 4.74 Å². The second kappa shape index (κ2) is 32.5. The molecule has 7 heterocycles. The maximum absolute atomic E-state index is 12.1. The van der Waals surface area contributed by atoms with E-state index in [1.807, 2.05) is 177 Å². The summed E-state index contributed by atoms with van der Waals surface area (Å²) < 4.78 is 15.2. The minimum Gasteiger partial charge on any atom is -0.496 e. The monoisotopic (exact) mass is 1290 g/mol. The molecule has 18 heteroatoms. The third kappa shape index (κ3) is 16.9. The van der Waals surface area contributed by atoms with Gasteiger partial charge in [0.25, 0.3) is 35.4 Å². The molecule has 0 saturated heterocycles. The van der Waals surface area contributed by atoms with Crippen LogP contribution in [0.3, 0.4) is 0 Å². The molecule has 6 aliphatic rings. The van der Waals surface area contributed by atoms with Crippen LogP contribution in [0, 0.1) is 11.8 Å². The highest BCUT2D eigenvalue weighted by molar-refractivity contribution is 6.32. The van der Waals surface area contributed by atoms with E-state index < -0.39 is 0 Å². The largest absolute Gasteiger partial charge is 0.496 e. The van der Waals surface area contributed by atoms with E-state index in [1.54, 1.807) is 39.7 Å². The molecule has 0 spiro atoms. The number of aromatic nitrogens is 1. The second-order valence-corrected chi connectivity index (χ2v) is 25.8. The van der Waals surface area contributed by atoms with Crippen molar-refractivity contribution in [1.29, 1.82) is 0 Å². The molecule has 16 nitrogen and oxygen atoms in total. The first-order valence-corrected chi connectivity index (χ1v) is 32.3. The van der Waals surface area contributed by atoms with Gasteiger partial charge in [-0.3, -0.25) is 33.8 Å². The van der Waals surface area contributed by atoms with E-state index in [0.29, 0.717) is 49.4 Å². The second-order valence-electron chi connectivity index (χ2n) is 24.9. The minimum absolute atomic E-state index is 0.0949. The van der Waals surface area contributed by atoms with Gasteiger partial charge in [0.05, 0.1) is 31.5 Å². The lowest BCUT2D eigenvalue weighted by molar-refractivity contribution is 0.0722. The predicted octanol–water partition coefficient (Wildman–Crippen LogP) is 13.6. The summed E-state index contributed by atoms with van der Waals surface area (Å²) in [7, 11) is 4.98. The van der Waals surface area contributed by atoms with Crippen molar-refractivity contribution in [1.82, 2.24) is 34.4 Å². The molecular formula is C74H89Cl2N7O9. The van der Waals surface area contributed by atoms with Crippen LogP contribution in [-0.2, 0) is 55.2 Å². The fourth-order valence-electron chi connectivity index (χ4n) is 11.4. The van der Waals surface area contributed by atoms with E-state index in [-0.39, 0.29) is 71.7 Å². The quantitative estimate of drug-likeness (QED) is 0.0851. The molecule has 92 heavy (non-hydrogen) atoms. The van der Waals surface area contributed by atoms with Crippen molar-refractivity contribution < 1.29 is 43.0 Å². The lowest BCUT2D eigenvalue weighted by atomic mass is 10.0. The number of nitrogens with zero attached hydrogens (tertiary/aromatic N) is 7. The Kier molecular flexibility index (Phi) is 25.2. The Hall–Kier alpha value is -8.07. The van der Waals surface area contributed by atoms with Crippen molar-refractivity contribution in [3.05, 3.63) is 197 Å². The molecule has 12 rings (SSSR count). The first-order valence-electron chi connectivity index (χ1n) is 31.5. The molecule has 0 radical (unpaired) electrons. The smallest absolute Gasteiger partial charge is 0.256 e. The number of methoxy groups -OCH3 is 3. The van der Waals surface area contributed by atoms with Gasteiger partial charge in [0.15, 0.2) is 0 Å². The lowest BCUT2D eigenvalue weighted by Gasteiger charge is -2.19. The fraction of sp³-hybridized carbons (Fsp3) is 0.419. The SMILES string of the molecule is CC(C)N1Cc2c(Cl)cccc2C1=O.CC(C)N1Cc2ccc(Cl)cc2C1=O.CC(C)N1Cc2ncccc2C1=O.COCC#Cc1ccc2c(c1)CN(C(C)C)C2=O.COCCCc1ccc2c(c1)CN(C(C)C)C2=O.COc1cccc2c1CN(C(C)C)C2=O. The number of aryl methyl sites for hydroxylation is 1. The van der Waals surface area contributed by atoms with Crippen LogP contribution in [0.15, 0.2) is 109 Å². The molecule has 6 amide bonds. The van der Waals surface area contributed by atoms with Crippen LogP contribution in [0.4, 0.5) is 0 Å². The van der Waals surface area contributed by atoms with Gasteiger partial charge >= 0.3 is 0 Å². The van der Waals surface area contributed by atoms with Gasteiger partial charge in [-0.2, -0.15) is 0 Å². The number of benzene rings is 5. The highest BCUT2D eigenvalue weighted by atomic mass is 35.5. The average molecular weight is 1290 g/mol. The molecule has 0 aliphatic carbocycles. The van der Waals surface area contributed by atoms with Crippen molar-refractivity contribution >= 4 is 58.6 Å². The van der Waals surface area contributed by atoms with Gasteiger partial charge in [-0.15, -0.1) is 0 Å². The van der Waals surface area contributed by atoms with Crippen molar-refractivity contribution in [3.8, 4) is 17.6 Å². The van der Waals surface area contributed by atoms with Gasteiger partial charge in [-0.1, -0.05) is 65.4 Å². The Balaban J connectivity index is 0.000000157. The molecule has 6 aromatic rings. The molecule has 0 fully saturated rings. The van der Waals surface area contributed by atoms with E-state index in [2.05, 4.69) is 42.8 Å². The van der Waals surface area contributed by atoms with Gasteiger partial charge < -0.3 is 43.6 Å². The molecule has 0 unspecified atom stereocenters. The van der Waals surface area contributed by atoms with Gasteiger partial charge in [-0.25, -0.2) is 0 Å². The number of fused-ring (bicyclic) bond motifs is 6. The highest BCUT2D eigenvalue weighted by Gasteiger charge is 2.35. The lowest BCUT2D eigenvalue weighted by Crippen LogP contribution is -2.30. The molecule has 6 aliphatic heterocycles. The van der Waals surface area contributed by atoms with Gasteiger partial charge in [0, 0.05) is 144 Å². The summed E-state index contributed by atoms with van der Waals surface area (Å²) in [5.74, 6) is 7.46. The predicted molar refractivity (Wildman–Crippen MR) is 362 cm³/mol. The molecule has 0 saturated carbocycles. The van der Waals surface area contributed by atoms with Gasteiger partial charge in [-0.05, 0) is 191 Å². The topological polar surface area (TPSA) is 162 Å². The summed E-state index contributed by atoms with van der Waals surface area (Å²) in [5.41, 5.74) is 13.2. The van der Waals surface area contributed by atoms with E-state index in [1.165, 1.54) is 11.1 Å². The Morgan fingerprint density at radius 2 is 0.935 bits per heavy atom. The summed E-state index contributed by atoms with van der Waals surface area (Å²) in [5, 5.41) is 1.32. The normalized spacial score (nSPS) is 14.6. The zero-order valence-electron chi connectivity index (χ0n) is 56.0. The number of pyridine rings is 1. The molecule has 488 valence electrons. The molecule has 0 N–H and O–H groups in total. The number of carbonyl (C=O) groups excluding carboxylic acids is 6. The standard InChI is InChI=1S/C15H21NO2.C15H17NO2.C12H15NO2.2C11H12ClNO.C10H12N2O/c2*1-11(2)16-10-13-9-12(5-4-8-18-3)6-7-14(13)15(16)17;1-8(2)13-7-10-9(12(13)14)5-4-6-11(10)15-3;1-7(2)13-6-8-3-4-9(12)5-10(8)11(13)14;1-7(2)13-6-9-8(11(13)14)4-3-5-10(9)12;1-7(2)12-6-9-8(10(12)13)4-3-5-11-9/h6-7,9,11H,4-5,8,10H2,1-3H3;6-7,9,11H,8,10H2,1-3H3;4-6,8H,7H2,1-3H3;2*3-5,7H,6H2,1-2H3;3-5,7H,6H2,1-2H3. The van der Waals surface area contributed by atoms with Crippen LogP contribution in [0.25, 0.3) is 0 Å². The molecule has 5 aromatic carbocycles. The average Bonchev–Trinajstić information content (AvgIpc) is 1.71. The first kappa shape index (κ1) is 71.4. The first-order chi connectivity index (χ1) is 43.8. The summed E-state index contributed by atoms with van der Waals surface area (Å²) in [6.07, 6.45) is 3.77. The van der Waals surface area contributed by atoms with Crippen LogP contribution in [0.2, 0.25) is 10.0 Å². The van der Waals surface area contributed by atoms with E-state index >= 15 is 0 Å². The number of ether oxygens (including phenoxy) is 3. The van der Waals surface area contributed by atoms with Crippen molar-refractivity contribution in [2.75, 3.05) is 34.5 Å². The number of rotatable bonds is 12. The van der Waals surface area contributed by atoms with Crippen LogP contribution in [0.1, 0.15) is 196 Å². The molecular weight excluding hydrogens is 1200 g/mol. The zero-order chi connectivity index (χ0) is 67.2. The van der Waals surface area contributed by atoms with Crippen molar-refractivity contribution in [2.45, 2.75) is 171 Å². The number of carbonyl (C=O) groups is 6. The third-order valence-electron chi connectivity index (χ3n) is 16.7. The van der Waals surface area contributed by atoms with E-state index in [9.17, 15) is 28.8 Å². The maximum atomic E-state index is 12.1. The van der Waals surface area contributed by atoms with Crippen LogP contribution in [-0.4, -0.2) is 141 Å². The summed E-state index contributed by atoms with van der Waals surface area (Å²) in [6.45, 7) is 29.7. The van der Waals surface area contributed by atoms with Gasteiger partial charge in [0.2, 0.25) is 0 Å². The number of halogens is 2. The Bertz CT molecular complexity index is 3710. The molecule has 0 bridgehead atoms. The van der Waals surface area contributed by atoms with Crippen molar-refractivity contribution in [3.63, 3.8) is 0 Å². The van der Waals surface area contributed by atoms with Crippen molar-refractivity contribution in [2.24, 2.45) is 0 Å². The number of hydrogen-bond donors (Lipinski definition) is 0. The van der Waals surface area contributed by atoms with E-state index in [4.69, 9.17) is 37.4 Å². The number of amides is 6.